The molecule has 1 aromatic heterocycles. The predicted molar refractivity (Wildman–Crippen MR) is 60.5 cm³/mol. The molecule has 1 saturated carbocycles. The average molecular weight is 218 g/mol. The van der Waals surface area contributed by atoms with Crippen molar-refractivity contribution >= 4 is 11.0 Å². The van der Waals surface area contributed by atoms with Crippen LogP contribution in [-0.2, 0) is 6.61 Å². The van der Waals surface area contributed by atoms with Crippen molar-refractivity contribution in [2.45, 2.75) is 25.4 Å². The van der Waals surface area contributed by atoms with E-state index in [1.807, 2.05) is 12.1 Å². The molecular weight excluding hydrogens is 204 g/mol. The summed E-state index contributed by atoms with van der Waals surface area (Å²) in [7, 11) is 1.63. The molecule has 0 aliphatic heterocycles. The lowest BCUT2D eigenvalue weighted by Gasteiger charge is -2.02. The SMILES string of the molecule is COc1cc(CO)cc2[nH]c(C3CC3)nc12. The molecule has 2 aromatic rings. The number of H-pyrrole nitrogens is 1. The molecule has 1 aromatic carbocycles. The second kappa shape index (κ2) is 3.49. The summed E-state index contributed by atoms with van der Waals surface area (Å²) in [6.07, 6.45) is 2.43. The molecule has 0 radical (unpaired) electrons. The lowest BCUT2D eigenvalue weighted by molar-refractivity contribution is 0.281. The van der Waals surface area contributed by atoms with Gasteiger partial charge < -0.3 is 14.8 Å². The number of hydrogen-bond donors (Lipinski definition) is 2. The van der Waals surface area contributed by atoms with Gasteiger partial charge in [-0.15, -0.1) is 0 Å². The van der Waals surface area contributed by atoms with Gasteiger partial charge in [-0.1, -0.05) is 0 Å². The molecule has 0 amide bonds. The van der Waals surface area contributed by atoms with Gasteiger partial charge in [0.2, 0.25) is 0 Å². The van der Waals surface area contributed by atoms with Crippen molar-refractivity contribution in [1.29, 1.82) is 0 Å². The fraction of sp³-hybridized carbons (Fsp3) is 0.417. The van der Waals surface area contributed by atoms with E-state index >= 15 is 0 Å². The number of aliphatic hydroxyl groups excluding tert-OH is 1. The highest BCUT2D eigenvalue weighted by Gasteiger charge is 2.27. The molecule has 0 bridgehead atoms. The Morgan fingerprint density at radius 2 is 2.31 bits per heavy atom. The van der Waals surface area contributed by atoms with Gasteiger partial charge in [0.25, 0.3) is 0 Å². The van der Waals surface area contributed by atoms with E-state index in [1.54, 1.807) is 7.11 Å². The molecule has 0 unspecified atom stereocenters. The molecule has 4 nitrogen and oxygen atoms in total. The first-order valence-corrected chi connectivity index (χ1v) is 5.49. The van der Waals surface area contributed by atoms with Gasteiger partial charge in [0.1, 0.15) is 17.1 Å². The minimum atomic E-state index is 0.0179. The number of methoxy groups -OCH3 is 1. The second-order valence-corrected chi connectivity index (χ2v) is 4.25. The van der Waals surface area contributed by atoms with Gasteiger partial charge in [-0.25, -0.2) is 4.98 Å². The van der Waals surface area contributed by atoms with E-state index in [0.29, 0.717) is 5.92 Å². The monoisotopic (exact) mass is 218 g/mol. The lowest BCUT2D eigenvalue weighted by Crippen LogP contribution is -1.89. The maximum absolute atomic E-state index is 9.16. The Balaban J connectivity index is 2.18. The van der Waals surface area contributed by atoms with Crippen molar-refractivity contribution in [2.24, 2.45) is 0 Å². The summed E-state index contributed by atoms with van der Waals surface area (Å²) >= 11 is 0. The van der Waals surface area contributed by atoms with E-state index in [2.05, 4.69) is 9.97 Å². The highest BCUT2D eigenvalue weighted by Crippen LogP contribution is 2.40. The summed E-state index contributed by atoms with van der Waals surface area (Å²) in [6, 6.07) is 3.76. The summed E-state index contributed by atoms with van der Waals surface area (Å²) in [5.41, 5.74) is 2.65. The average Bonchev–Trinajstić information content (AvgIpc) is 3.07. The molecule has 0 saturated heterocycles. The van der Waals surface area contributed by atoms with Crippen LogP contribution in [0, 0.1) is 0 Å². The summed E-state index contributed by atoms with van der Waals surface area (Å²) in [6.45, 7) is 0.0179. The first-order chi connectivity index (χ1) is 7.81. The first kappa shape index (κ1) is 9.66. The van der Waals surface area contributed by atoms with Gasteiger partial charge in [-0.3, -0.25) is 0 Å². The number of nitrogens with one attached hydrogen (secondary N) is 1. The maximum atomic E-state index is 9.16. The number of aliphatic hydroxyl groups is 1. The van der Waals surface area contributed by atoms with Crippen LogP contribution in [-0.4, -0.2) is 22.2 Å². The van der Waals surface area contributed by atoms with Crippen LogP contribution in [0.2, 0.25) is 0 Å². The third-order valence-electron chi connectivity index (χ3n) is 3.00. The maximum Gasteiger partial charge on any atom is 0.147 e. The fourth-order valence-electron chi connectivity index (χ4n) is 1.96. The highest BCUT2D eigenvalue weighted by atomic mass is 16.5. The number of nitrogens with zero attached hydrogens (tertiary/aromatic N) is 1. The molecule has 1 aliphatic rings. The van der Waals surface area contributed by atoms with Crippen molar-refractivity contribution in [3.05, 3.63) is 23.5 Å². The van der Waals surface area contributed by atoms with Gasteiger partial charge >= 0.3 is 0 Å². The van der Waals surface area contributed by atoms with Crippen molar-refractivity contribution in [1.82, 2.24) is 9.97 Å². The van der Waals surface area contributed by atoms with Crippen LogP contribution in [0.4, 0.5) is 0 Å². The largest absolute Gasteiger partial charge is 0.494 e. The van der Waals surface area contributed by atoms with Crippen molar-refractivity contribution in [2.75, 3.05) is 7.11 Å². The highest BCUT2D eigenvalue weighted by molar-refractivity contribution is 5.82. The number of aromatic nitrogens is 2. The minimum Gasteiger partial charge on any atom is -0.494 e. The number of imidazole rings is 1. The van der Waals surface area contributed by atoms with Crippen LogP contribution in [0.1, 0.15) is 30.1 Å². The third kappa shape index (κ3) is 1.46. The van der Waals surface area contributed by atoms with Crippen molar-refractivity contribution in [3.63, 3.8) is 0 Å². The van der Waals surface area contributed by atoms with Gasteiger partial charge in [0, 0.05) is 5.92 Å². The van der Waals surface area contributed by atoms with E-state index in [0.717, 1.165) is 28.2 Å². The lowest BCUT2D eigenvalue weighted by atomic mass is 10.2. The molecular formula is C12H14N2O2. The van der Waals surface area contributed by atoms with Gasteiger partial charge in [0.15, 0.2) is 0 Å². The number of aromatic amines is 1. The Labute approximate surface area is 93.3 Å². The zero-order valence-electron chi connectivity index (χ0n) is 9.16. The number of rotatable bonds is 3. The Morgan fingerprint density at radius 1 is 1.50 bits per heavy atom. The molecule has 1 fully saturated rings. The van der Waals surface area contributed by atoms with E-state index in [9.17, 15) is 0 Å². The standard InChI is InChI=1S/C12H14N2O2/c1-16-10-5-7(6-15)4-9-11(10)14-12(13-9)8-2-3-8/h4-5,8,15H,2-3,6H2,1H3,(H,13,14). The Hall–Kier alpha value is -1.55. The minimum absolute atomic E-state index is 0.0179. The number of benzene rings is 1. The summed E-state index contributed by atoms with van der Waals surface area (Å²) in [5.74, 6) is 2.36. The van der Waals surface area contributed by atoms with Crippen molar-refractivity contribution in [3.8, 4) is 5.75 Å². The van der Waals surface area contributed by atoms with Crippen LogP contribution in [0.15, 0.2) is 12.1 Å². The molecule has 16 heavy (non-hydrogen) atoms. The van der Waals surface area contributed by atoms with Crippen LogP contribution in [0.3, 0.4) is 0 Å². The summed E-state index contributed by atoms with van der Waals surface area (Å²) in [5, 5.41) is 9.16. The number of ether oxygens (including phenoxy) is 1. The van der Waals surface area contributed by atoms with Crippen LogP contribution in [0.5, 0.6) is 5.75 Å². The molecule has 0 spiro atoms. The summed E-state index contributed by atoms with van der Waals surface area (Å²) < 4.78 is 5.29. The van der Waals surface area contributed by atoms with E-state index in [-0.39, 0.29) is 6.61 Å². The smallest absolute Gasteiger partial charge is 0.147 e. The fourth-order valence-corrected chi connectivity index (χ4v) is 1.96. The molecule has 1 aliphatic carbocycles. The molecule has 1 heterocycles. The predicted octanol–water partition coefficient (Wildman–Crippen LogP) is 1.94. The van der Waals surface area contributed by atoms with Crippen LogP contribution >= 0.6 is 0 Å². The first-order valence-electron chi connectivity index (χ1n) is 5.49. The number of hydrogen-bond acceptors (Lipinski definition) is 3. The van der Waals surface area contributed by atoms with E-state index < -0.39 is 0 Å². The van der Waals surface area contributed by atoms with Crippen LogP contribution < -0.4 is 4.74 Å². The Kier molecular flexibility index (Phi) is 2.11. The Morgan fingerprint density at radius 3 is 2.94 bits per heavy atom. The Bertz CT molecular complexity index is 529. The summed E-state index contributed by atoms with van der Waals surface area (Å²) in [4.78, 5) is 7.86. The number of fused-ring (bicyclic) bond motifs is 1. The molecule has 4 heteroatoms. The zero-order chi connectivity index (χ0) is 11.1. The normalized spacial score (nSPS) is 15.6. The van der Waals surface area contributed by atoms with E-state index in [1.165, 1.54) is 12.8 Å². The zero-order valence-corrected chi connectivity index (χ0v) is 9.16. The third-order valence-corrected chi connectivity index (χ3v) is 3.00. The molecule has 0 atom stereocenters. The molecule has 2 N–H and O–H groups in total. The van der Waals surface area contributed by atoms with Gasteiger partial charge in [-0.05, 0) is 30.5 Å². The topological polar surface area (TPSA) is 58.1 Å². The van der Waals surface area contributed by atoms with E-state index in [4.69, 9.17) is 9.84 Å². The van der Waals surface area contributed by atoms with Gasteiger partial charge in [-0.2, -0.15) is 0 Å². The quantitative estimate of drug-likeness (QED) is 0.827. The molecule has 3 rings (SSSR count). The van der Waals surface area contributed by atoms with Gasteiger partial charge in [0.05, 0.1) is 19.2 Å². The van der Waals surface area contributed by atoms with Crippen LogP contribution in [0.25, 0.3) is 11.0 Å². The van der Waals surface area contributed by atoms with Crippen molar-refractivity contribution < 1.29 is 9.84 Å². The second-order valence-electron chi connectivity index (χ2n) is 4.25. The molecule has 84 valence electrons.